The van der Waals surface area contributed by atoms with Gasteiger partial charge >= 0.3 is 0 Å². The lowest BCUT2D eigenvalue weighted by Crippen LogP contribution is -2.32. The maximum atomic E-state index is 13.0. The van der Waals surface area contributed by atoms with Crippen molar-refractivity contribution in [3.05, 3.63) is 27.8 Å². The van der Waals surface area contributed by atoms with Gasteiger partial charge in [-0.25, -0.2) is 0 Å². The lowest BCUT2D eigenvalue weighted by atomic mass is 9.73. The number of halogens is 1. The number of carbonyl (C=O) groups is 1. The highest BCUT2D eigenvalue weighted by atomic mass is 35.5. The number of carbonyl (C=O) groups excluding carboxylic acids is 1. The second kappa shape index (κ2) is 4.77. The van der Waals surface area contributed by atoms with E-state index in [1.165, 1.54) is 25.7 Å². The van der Waals surface area contributed by atoms with Gasteiger partial charge in [-0.2, -0.15) is 0 Å². The molecule has 0 aromatic heterocycles. The smallest absolute Gasteiger partial charge is 0.171 e. The van der Waals surface area contributed by atoms with Crippen LogP contribution in [0.5, 0.6) is 5.75 Å². The average Bonchev–Trinajstić information content (AvgIpc) is 3.03. The zero-order chi connectivity index (χ0) is 14.5. The molecule has 0 heterocycles. The van der Waals surface area contributed by atoms with Gasteiger partial charge in [-0.05, 0) is 43.7 Å². The largest absolute Gasteiger partial charge is 0.496 e. The molecule has 1 fully saturated rings. The van der Waals surface area contributed by atoms with Crippen LogP contribution in [0.3, 0.4) is 0 Å². The Morgan fingerprint density at radius 3 is 2.60 bits per heavy atom. The lowest BCUT2D eigenvalue weighted by Gasteiger charge is -2.29. The third-order valence-corrected chi connectivity index (χ3v) is 5.80. The molecule has 0 radical (unpaired) electrons. The summed E-state index contributed by atoms with van der Waals surface area (Å²) in [6.45, 7) is 4.05. The molecular formula is C17H21ClO2. The van der Waals surface area contributed by atoms with Crippen LogP contribution in [0.15, 0.2) is 6.07 Å². The molecule has 0 aliphatic heterocycles. The summed E-state index contributed by atoms with van der Waals surface area (Å²) in [6, 6.07) is 2.01. The van der Waals surface area contributed by atoms with Crippen molar-refractivity contribution in [1.29, 1.82) is 0 Å². The number of methoxy groups -OCH3 is 1. The van der Waals surface area contributed by atoms with Crippen molar-refractivity contribution in [3.63, 3.8) is 0 Å². The fourth-order valence-corrected chi connectivity index (χ4v) is 4.33. The number of Topliss-reactive ketones (excluding diaryl/α,β-unsaturated/α-hetero) is 1. The minimum Gasteiger partial charge on any atom is -0.496 e. The first kappa shape index (κ1) is 13.9. The lowest BCUT2D eigenvalue weighted by molar-refractivity contribution is 0.0744. The van der Waals surface area contributed by atoms with Crippen molar-refractivity contribution in [2.24, 2.45) is 11.3 Å². The van der Waals surface area contributed by atoms with Crippen LogP contribution in [0.25, 0.3) is 0 Å². The predicted octanol–water partition coefficient (Wildman–Crippen LogP) is 4.59. The minimum atomic E-state index is -0.263. The standard InChI is InChI=1S/C17H21ClO2/c1-10-13(20-3)8-11-9-17(2,12-6-4-5-7-12)16(19)14(11)15(10)18/h8,12H,4-7,9H2,1-3H3/t17-/m1/s1. The fraction of sp³-hybridized carbons (Fsp3) is 0.588. The molecule has 1 aromatic rings. The van der Waals surface area contributed by atoms with Gasteiger partial charge < -0.3 is 4.74 Å². The summed E-state index contributed by atoms with van der Waals surface area (Å²) in [6.07, 6.45) is 5.65. The van der Waals surface area contributed by atoms with Crippen LogP contribution in [0.2, 0.25) is 5.02 Å². The summed E-state index contributed by atoms with van der Waals surface area (Å²) >= 11 is 6.45. The first-order valence-corrected chi connectivity index (χ1v) is 7.77. The molecule has 0 unspecified atom stereocenters. The molecular weight excluding hydrogens is 272 g/mol. The molecule has 3 heteroatoms. The molecule has 2 aliphatic rings. The van der Waals surface area contributed by atoms with Gasteiger partial charge in [0.1, 0.15) is 5.75 Å². The summed E-state index contributed by atoms with van der Waals surface area (Å²) < 4.78 is 5.38. The van der Waals surface area contributed by atoms with E-state index in [1.807, 2.05) is 13.0 Å². The summed E-state index contributed by atoms with van der Waals surface area (Å²) in [5.74, 6) is 1.54. The maximum absolute atomic E-state index is 13.0. The monoisotopic (exact) mass is 292 g/mol. The molecule has 108 valence electrons. The molecule has 3 rings (SSSR count). The molecule has 2 aliphatic carbocycles. The van der Waals surface area contributed by atoms with Crippen molar-refractivity contribution in [2.75, 3.05) is 7.11 Å². The molecule has 0 spiro atoms. The highest BCUT2D eigenvalue weighted by molar-refractivity contribution is 6.35. The van der Waals surface area contributed by atoms with Crippen LogP contribution in [0, 0.1) is 18.3 Å². The average molecular weight is 293 g/mol. The molecule has 0 amide bonds. The van der Waals surface area contributed by atoms with E-state index in [4.69, 9.17) is 16.3 Å². The molecule has 1 atom stereocenters. The Morgan fingerprint density at radius 1 is 1.35 bits per heavy atom. The van der Waals surface area contributed by atoms with Crippen LogP contribution in [0.4, 0.5) is 0 Å². The van der Waals surface area contributed by atoms with Gasteiger partial charge in [-0.1, -0.05) is 31.4 Å². The van der Waals surface area contributed by atoms with Gasteiger partial charge in [-0.15, -0.1) is 0 Å². The van der Waals surface area contributed by atoms with E-state index in [0.29, 0.717) is 10.9 Å². The SMILES string of the molecule is COc1cc2c(c(Cl)c1C)C(=O)[C@@](C)(C1CCCC1)C2. The van der Waals surface area contributed by atoms with Gasteiger partial charge in [0, 0.05) is 16.5 Å². The van der Waals surface area contributed by atoms with Crippen LogP contribution in [0.1, 0.15) is 54.1 Å². The molecule has 2 nitrogen and oxygen atoms in total. The summed E-state index contributed by atoms with van der Waals surface area (Å²) in [5.41, 5.74) is 2.43. The summed E-state index contributed by atoms with van der Waals surface area (Å²) in [7, 11) is 1.65. The quantitative estimate of drug-likeness (QED) is 0.797. The van der Waals surface area contributed by atoms with Crippen molar-refractivity contribution in [1.82, 2.24) is 0 Å². The Morgan fingerprint density at radius 2 is 2.00 bits per heavy atom. The van der Waals surface area contributed by atoms with Crippen LogP contribution >= 0.6 is 11.6 Å². The van der Waals surface area contributed by atoms with E-state index in [2.05, 4.69) is 6.92 Å². The molecule has 0 bridgehead atoms. The Kier molecular flexibility index (Phi) is 3.32. The Balaban J connectivity index is 2.08. The molecule has 0 N–H and O–H groups in total. The Labute approximate surface area is 125 Å². The molecule has 0 saturated heterocycles. The van der Waals surface area contributed by atoms with Gasteiger partial charge in [0.05, 0.1) is 12.1 Å². The van der Waals surface area contributed by atoms with Crippen LogP contribution < -0.4 is 4.74 Å². The zero-order valence-corrected chi connectivity index (χ0v) is 13.1. The van der Waals surface area contributed by atoms with Crippen LogP contribution in [-0.4, -0.2) is 12.9 Å². The van der Waals surface area contributed by atoms with E-state index < -0.39 is 0 Å². The zero-order valence-electron chi connectivity index (χ0n) is 12.4. The molecule has 1 saturated carbocycles. The summed E-state index contributed by atoms with van der Waals surface area (Å²) in [4.78, 5) is 13.0. The van der Waals surface area contributed by atoms with Gasteiger partial charge in [0.2, 0.25) is 0 Å². The van der Waals surface area contributed by atoms with E-state index in [-0.39, 0.29) is 11.2 Å². The number of ketones is 1. The second-order valence-electron chi connectivity index (χ2n) is 6.46. The first-order valence-electron chi connectivity index (χ1n) is 7.40. The van der Waals surface area contributed by atoms with Gasteiger partial charge in [0.25, 0.3) is 0 Å². The number of hydrogen-bond donors (Lipinski definition) is 0. The van der Waals surface area contributed by atoms with Gasteiger partial charge in [0.15, 0.2) is 5.78 Å². The minimum absolute atomic E-state index is 0.246. The highest BCUT2D eigenvalue weighted by Crippen LogP contribution is 2.51. The molecule has 20 heavy (non-hydrogen) atoms. The normalized spacial score (nSPS) is 26.1. The fourth-order valence-electron chi connectivity index (χ4n) is 4.03. The first-order chi connectivity index (χ1) is 9.49. The van der Waals surface area contributed by atoms with Gasteiger partial charge in [-0.3, -0.25) is 4.79 Å². The number of benzene rings is 1. The van der Waals surface area contributed by atoms with E-state index in [1.54, 1.807) is 7.11 Å². The van der Waals surface area contributed by atoms with Crippen LogP contribution in [-0.2, 0) is 6.42 Å². The summed E-state index contributed by atoms with van der Waals surface area (Å²) in [5, 5.41) is 0.589. The Bertz CT molecular complexity index is 573. The van der Waals surface area contributed by atoms with Crippen molar-refractivity contribution in [2.45, 2.75) is 46.0 Å². The van der Waals surface area contributed by atoms with E-state index >= 15 is 0 Å². The maximum Gasteiger partial charge on any atom is 0.171 e. The Hall–Kier alpha value is -1.02. The topological polar surface area (TPSA) is 26.3 Å². The number of hydrogen-bond acceptors (Lipinski definition) is 2. The van der Waals surface area contributed by atoms with E-state index in [0.717, 1.165) is 28.9 Å². The van der Waals surface area contributed by atoms with E-state index in [9.17, 15) is 4.79 Å². The third kappa shape index (κ3) is 1.81. The number of ether oxygens (including phenoxy) is 1. The molecule has 1 aromatic carbocycles. The van der Waals surface area contributed by atoms with Crippen molar-refractivity contribution < 1.29 is 9.53 Å². The van der Waals surface area contributed by atoms with Crippen molar-refractivity contribution in [3.8, 4) is 5.75 Å². The third-order valence-electron chi connectivity index (χ3n) is 5.32. The highest BCUT2D eigenvalue weighted by Gasteiger charge is 2.48. The second-order valence-corrected chi connectivity index (χ2v) is 6.83. The number of rotatable bonds is 2. The number of fused-ring (bicyclic) bond motifs is 1. The predicted molar refractivity (Wildman–Crippen MR) is 80.8 cm³/mol. The van der Waals surface area contributed by atoms with Crippen molar-refractivity contribution >= 4 is 17.4 Å².